The molecule has 7 nitrogen and oxygen atoms in total. The van der Waals surface area contributed by atoms with Crippen molar-refractivity contribution in [1.82, 2.24) is 4.90 Å². The predicted molar refractivity (Wildman–Crippen MR) is 138 cm³/mol. The highest BCUT2D eigenvalue weighted by Crippen LogP contribution is 2.25. The Morgan fingerprint density at radius 1 is 0.941 bits per heavy atom. The summed E-state index contributed by atoms with van der Waals surface area (Å²) < 4.78 is 4.82. The Labute approximate surface area is 204 Å². The molecule has 3 aromatic carbocycles. The molecule has 4 rings (SSSR count). The third-order valence-corrected chi connectivity index (χ3v) is 6.55. The van der Waals surface area contributed by atoms with Crippen LogP contribution in [0.25, 0.3) is 21.2 Å². The molecule has 1 heterocycles. The zero-order chi connectivity index (χ0) is 23.4. The topological polar surface area (TPSA) is 82.8 Å². The van der Waals surface area contributed by atoms with Crippen LogP contribution >= 0.6 is 12.0 Å². The summed E-state index contributed by atoms with van der Waals surface area (Å²) in [6, 6.07) is 22.3. The summed E-state index contributed by atoms with van der Waals surface area (Å²) in [5.74, 6) is 0. The van der Waals surface area contributed by atoms with Gasteiger partial charge in [-0.15, -0.1) is 0 Å². The van der Waals surface area contributed by atoms with Gasteiger partial charge in [0.25, 0.3) is 0 Å². The number of hydrogen-bond donors (Lipinski definition) is 0. The van der Waals surface area contributed by atoms with E-state index >= 15 is 0 Å². The number of benzene rings is 3. The average Bonchev–Trinajstić information content (AvgIpc) is 2.89. The van der Waals surface area contributed by atoms with Gasteiger partial charge in [0.15, 0.2) is 0 Å². The Balaban J connectivity index is 1.48. The molecular formula is C26H29N5O2S. The van der Waals surface area contributed by atoms with Crippen LogP contribution in [-0.4, -0.2) is 36.9 Å². The fourth-order valence-electron chi connectivity index (χ4n) is 4.23. The molecule has 1 fully saturated rings. The van der Waals surface area contributed by atoms with Crippen molar-refractivity contribution in [1.29, 1.82) is 0 Å². The SMILES string of the molecule is [N-]=[N+]=NOSc1ccc(/C(=N/OCCCCN2CCCCC2)c2cccc3ccccc23)cc1. The number of hydrogen-bond acceptors (Lipinski definition) is 6. The van der Waals surface area contributed by atoms with Crippen molar-refractivity contribution in [3.05, 3.63) is 88.3 Å². The third-order valence-electron chi connectivity index (χ3n) is 5.94. The highest BCUT2D eigenvalue weighted by atomic mass is 32.2. The Kier molecular flexibility index (Phi) is 9.08. The maximum Gasteiger partial charge on any atom is 0.125 e. The van der Waals surface area contributed by atoms with Crippen molar-refractivity contribution >= 4 is 28.5 Å². The van der Waals surface area contributed by atoms with Crippen LogP contribution in [0.4, 0.5) is 0 Å². The minimum atomic E-state index is 0.593. The number of piperidine rings is 1. The normalized spacial score (nSPS) is 14.5. The summed E-state index contributed by atoms with van der Waals surface area (Å²) in [5, 5.41) is 9.98. The first-order valence-corrected chi connectivity index (χ1v) is 12.5. The third kappa shape index (κ3) is 6.67. The maximum absolute atomic E-state index is 8.36. The van der Waals surface area contributed by atoms with Gasteiger partial charge in [0, 0.05) is 20.9 Å². The molecule has 1 aliphatic rings. The average molecular weight is 476 g/mol. The fraction of sp³-hybridized carbons (Fsp3) is 0.346. The quantitative estimate of drug-likeness (QED) is 0.0562. The zero-order valence-electron chi connectivity index (χ0n) is 19.2. The number of oxime groups is 1. The van der Waals surface area contributed by atoms with E-state index in [-0.39, 0.29) is 0 Å². The lowest BCUT2D eigenvalue weighted by Gasteiger charge is -2.26. The van der Waals surface area contributed by atoms with Gasteiger partial charge < -0.3 is 14.0 Å². The van der Waals surface area contributed by atoms with Gasteiger partial charge in [-0.2, -0.15) is 0 Å². The molecule has 1 saturated heterocycles. The van der Waals surface area contributed by atoms with Crippen LogP contribution in [0.1, 0.15) is 43.2 Å². The Morgan fingerprint density at radius 2 is 1.74 bits per heavy atom. The van der Waals surface area contributed by atoms with Gasteiger partial charge in [0.2, 0.25) is 0 Å². The Morgan fingerprint density at radius 3 is 2.56 bits per heavy atom. The van der Waals surface area contributed by atoms with Gasteiger partial charge in [-0.25, -0.2) is 0 Å². The molecule has 34 heavy (non-hydrogen) atoms. The van der Waals surface area contributed by atoms with Gasteiger partial charge in [-0.05, 0) is 73.8 Å². The minimum Gasteiger partial charge on any atom is -0.395 e. The zero-order valence-corrected chi connectivity index (χ0v) is 20.0. The Hall–Kier alpha value is -3.19. The van der Waals surface area contributed by atoms with E-state index in [9.17, 15) is 0 Å². The molecule has 0 N–H and O–H groups in total. The van der Waals surface area contributed by atoms with Crippen LogP contribution in [0.15, 0.2) is 82.1 Å². The molecule has 0 amide bonds. The fourth-order valence-corrected chi connectivity index (χ4v) is 4.62. The van der Waals surface area contributed by atoms with Crippen LogP contribution in [-0.2, 0) is 9.12 Å². The molecule has 0 atom stereocenters. The molecule has 0 saturated carbocycles. The first kappa shape index (κ1) is 24.0. The van der Waals surface area contributed by atoms with Gasteiger partial charge in [0.05, 0.1) is 0 Å². The lowest BCUT2D eigenvalue weighted by atomic mass is 9.97. The number of fused-ring (bicyclic) bond motifs is 1. The van der Waals surface area contributed by atoms with Crippen molar-refractivity contribution in [3.8, 4) is 0 Å². The van der Waals surface area contributed by atoms with Gasteiger partial charge in [0.1, 0.15) is 29.6 Å². The summed E-state index contributed by atoms with van der Waals surface area (Å²) in [4.78, 5) is 11.8. The van der Waals surface area contributed by atoms with E-state index in [4.69, 9.17) is 14.7 Å². The van der Waals surface area contributed by atoms with E-state index in [0.29, 0.717) is 6.61 Å². The molecule has 0 radical (unpaired) electrons. The number of unbranched alkanes of at least 4 members (excludes halogenated alkanes) is 1. The van der Waals surface area contributed by atoms with E-state index < -0.39 is 0 Å². The van der Waals surface area contributed by atoms with Crippen molar-refractivity contribution in [2.24, 2.45) is 10.4 Å². The van der Waals surface area contributed by atoms with E-state index in [1.165, 1.54) is 32.4 Å². The summed E-state index contributed by atoms with van der Waals surface area (Å²) in [7, 11) is 0. The molecule has 0 unspecified atom stereocenters. The molecule has 176 valence electrons. The van der Waals surface area contributed by atoms with E-state index in [1.807, 2.05) is 42.5 Å². The largest absolute Gasteiger partial charge is 0.395 e. The second-order valence-corrected chi connectivity index (χ2v) is 9.05. The summed E-state index contributed by atoms with van der Waals surface area (Å²) in [6.07, 6.45) is 6.12. The number of rotatable bonds is 11. The van der Waals surface area contributed by atoms with Crippen LogP contribution in [0, 0.1) is 0 Å². The lowest BCUT2D eigenvalue weighted by Crippen LogP contribution is -2.30. The van der Waals surface area contributed by atoms with Crippen molar-refractivity contribution < 1.29 is 9.12 Å². The molecule has 0 spiro atoms. The van der Waals surface area contributed by atoms with Gasteiger partial charge in [-0.3, -0.25) is 0 Å². The maximum atomic E-state index is 8.36. The summed E-state index contributed by atoms with van der Waals surface area (Å²) >= 11 is 1.01. The predicted octanol–water partition coefficient (Wildman–Crippen LogP) is 7.12. The summed E-state index contributed by atoms with van der Waals surface area (Å²) in [5.41, 5.74) is 11.1. The monoisotopic (exact) mass is 475 g/mol. The minimum absolute atomic E-state index is 0.593. The number of nitrogens with zero attached hydrogens (tertiary/aromatic N) is 5. The first-order valence-electron chi connectivity index (χ1n) is 11.7. The molecule has 0 aliphatic carbocycles. The van der Waals surface area contributed by atoms with Gasteiger partial charge >= 0.3 is 0 Å². The van der Waals surface area contributed by atoms with Crippen molar-refractivity contribution in [2.75, 3.05) is 26.2 Å². The van der Waals surface area contributed by atoms with Crippen LogP contribution in [0.3, 0.4) is 0 Å². The van der Waals surface area contributed by atoms with E-state index in [2.05, 4.69) is 44.5 Å². The number of likely N-dealkylation sites (tertiary alicyclic amines) is 1. The molecule has 0 aromatic heterocycles. The Bertz CT molecular complexity index is 1130. The first-order chi connectivity index (χ1) is 16.8. The molecule has 8 heteroatoms. The summed E-state index contributed by atoms with van der Waals surface area (Å²) in [6.45, 7) is 4.19. The van der Waals surface area contributed by atoms with Gasteiger partial charge in [-0.1, -0.05) is 66.2 Å². The smallest absolute Gasteiger partial charge is 0.125 e. The van der Waals surface area contributed by atoms with Crippen LogP contribution < -0.4 is 0 Å². The highest BCUT2D eigenvalue weighted by Gasteiger charge is 2.13. The van der Waals surface area contributed by atoms with Crippen LogP contribution in [0.5, 0.6) is 0 Å². The van der Waals surface area contributed by atoms with E-state index in [0.717, 1.165) is 63.9 Å². The second kappa shape index (κ2) is 12.9. The molecule has 1 aliphatic heterocycles. The van der Waals surface area contributed by atoms with Crippen LogP contribution in [0.2, 0.25) is 0 Å². The molecule has 3 aromatic rings. The lowest BCUT2D eigenvalue weighted by molar-refractivity contribution is 0.134. The second-order valence-electron chi connectivity index (χ2n) is 8.26. The standard InChI is InChI=1S/C26H29N5O2S/c27-29-30-33-34-23-15-13-22(14-16-23)26(25-12-8-10-21-9-2-3-11-24(21)25)28-32-20-7-6-19-31-17-4-1-5-18-31/h2-3,8-16H,1,4-7,17-20H2/b28-26-. The van der Waals surface area contributed by atoms with E-state index in [1.54, 1.807) is 0 Å². The van der Waals surface area contributed by atoms with Crippen molar-refractivity contribution in [3.63, 3.8) is 0 Å². The highest BCUT2D eigenvalue weighted by molar-refractivity contribution is 7.94. The number of azide groups is 1. The van der Waals surface area contributed by atoms with Crippen molar-refractivity contribution in [2.45, 2.75) is 37.0 Å². The molecular weight excluding hydrogens is 446 g/mol. The molecule has 0 bridgehead atoms.